The molecule has 130 valence electrons. The van der Waals surface area contributed by atoms with Crippen molar-refractivity contribution in [3.8, 4) is 21.9 Å². The van der Waals surface area contributed by atoms with Crippen LogP contribution < -0.4 is 10.3 Å². The minimum absolute atomic E-state index is 0.0452. The van der Waals surface area contributed by atoms with Crippen molar-refractivity contribution >= 4 is 39.1 Å². The highest BCUT2D eigenvalue weighted by Crippen LogP contribution is 2.33. The predicted octanol–water partition coefficient (Wildman–Crippen LogP) is 3.78. The molecule has 3 heterocycles. The van der Waals surface area contributed by atoms with Crippen LogP contribution in [0, 0.1) is 0 Å². The molecule has 1 N–H and O–H groups in total. The number of aromatic nitrogens is 2. The topological polar surface area (TPSA) is 76.7 Å². The number of fused-ring (bicyclic) bond motifs is 1. The van der Waals surface area contributed by atoms with Gasteiger partial charge in [-0.25, -0.2) is 4.98 Å². The molecule has 0 bridgehead atoms. The Morgan fingerprint density at radius 2 is 2.19 bits per heavy atom. The molecule has 26 heavy (non-hydrogen) atoms. The summed E-state index contributed by atoms with van der Waals surface area (Å²) in [6.45, 7) is 0. The number of hydrogen-bond donors (Lipinski definition) is 1. The number of methoxy groups -OCH3 is 1. The maximum absolute atomic E-state index is 12.9. The Morgan fingerprint density at radius 1 is 1.31 bits per heavy atom. The van der Waals surface area contributed by atoms with E-state index >= 15 is 0 Å². The highest BCUT2D eigenvalue weighted by atomic mass is 32.1. The highest BCUT2D eigenvalue weighted by Gasteiger charge is 2.13. The largest absolute Gasteiger partial charge is 0.504 e. The zero-order valence-electron chi connectivity index (χ0n) is 13.6. The van der Waals surface area contributed by atoms with Crippen LogP contribution in [0.4, 0.5) is 0 Å². The van der Waals surface area contributed by atoms with Crippen LogP contribution in [0.5, 0.6) is 11.5 Å². The van der Waals surface area contributed by atoms with Crippen LogP contribution in [0.15, 0.2) is 57.3 Å². The molecule has 0 spiro atoms. The molecule has 0 saturated heterocycles. The standard InChI is InChI=1S/C18H13N3O3S2/c1-24-14-7-11(4-5-13(14)22)8-20-21-10-19-17-16(18(21)23)12(9-26-17)15-3-2-6-25-15/h2-10,22H,1H3. The Bertz CT molecular complexity index is 1160. The SMILES string of the molecule is COc1cc(C=Nn2cnc3scc(-c4cccs4)c3c2=O)ccc1O. The Labute approximate surface area is 156 Å². The average molecular weight is 383 g/mol. The summed E-state index contributed by atoms with van der Waals surface area (Å²) in [7, 11) is 1.47. The van der Waals surface area contributed by atoms with Gasteiger partial charge in [-0.05, 0) is 35.2 Å². The van der Waals surface area contributed by atoms with E-state index in [0.29, 0.717) is 21.5 Å². The molecule has 8 heteroatoms. The molecule has 4 rings (SSSR count). The summed E-state index contributed by atoms with van der Waals surface area (Å²) < 4.78 is 6.29. The molecule has 1 aromatic carbocycles. The number of rotatable bonds is 4. The Balaban J connectivity index is 1.77. The van der Waals surface area contributed by atoms with E-state index in [2.05, 4.69) is 10.1 Å². The molecular formula is C18H13N3O3S2. The monoisotopic (exact) mass is 383 g/mol. The lowest BCUT2D eigenvalue weighted by atomic mass is 10.2. The van der Waals surface area contributed by atoms with Gasteiger partial charge in [-0.2, -0.15) is 9.78 Å². The fourth-order valence-electron chi connectivity index (χ4n) is 2.52. The van der Waals surface area contributed by atoms with Crippen LogP contribution in [0.25, 0.3) is 20.7 Å². The van der Waals surface area contributed by atoms with E-state index in [9.17, 15) is 9.90 Å². The third kappa shape index (κ3) is 2.89. The van der Waals surface area contributed by atoms with Crippen LogP contribution in [-0.2, 0) is 0 Å². The highest BCUT2D eigenvalue weighted by molar-refractivity contribution is 7.18. The van der Waals surface area contributed by atoms with E-state index in [0.717, 1.165) is 10.4 Å². The van der Waals surface area contributed by atoms with Crippen LogP contribution in [0.2, 0.25) is 0 Å². The fraction of sp³-hybridized carbons (Fsp3) is 0.0556. The molecule has 0 aliphatic rings. The lowest BCUT2D eigenvalue weighted by molar-refractivity contribution is 0.373. The number of benzene rings is 1. The molecule has 3 aromatic heterocycles. The molecule has 4 aromatic rings. The summed E-state index contributed by atoms with van der Waals surface area (Å²) in [4.78, 5) is 18.9. The average Bonchev–Trinajstić information content (AvgIpc) is 3.31. The Hall–Kier alpha value is -2.97. The summed E-state index contributed by atoms with van der Waals surface area (Å²) in [5.74, 6) is 0.386. The van der Waals surface area contributed by atoms with E-state index in [-0.39, 0.29) is 11.3 Å². The summed E-state index contributed by atoms with van der Waals surface area (Å²) in [6.07, 6.45) is 2.93. The smallest absolute Gasteiger partial charge is 0.283 e. The number of aromatic hydroxyl groups is 1. The molecule has 0 amide bonds. The van der Waals surface area contributed by atoms with Crippen LogP contribution in [0.1, 0.15) is 5.56 Å². The zero-order valence-corrected chi connectivity index (χ0v) is 15.3. The van der Waals surface area contributed by atoms with Gasteiger partial charge in [0, 0.05) is 15.8 Å². The van der Waals surface area contributed by atoms with Gasteiger partial charge in [-0.15, -0.1) is 22.7 Å². The van der Waals surface area contributed by atoms with Crippen molar-refractivity contribution in [3.63, 3.8) is 0 Å². The minimum Gasteiger partial charge on any atom is -0.504 e. The summed E-state index contributed by atoms with van der Waals surface area (Å²) in [5, 5.41) is 18.4. The first kappa shape index (κ1) is 16.5. The van der Waals surface area contributed by atoms with E-state index in [1.54, 1.807) is 23.5 Å². The van der Waals surface area contributed by atoms with Gasteiger partial charge >= 0.3 is 0 Å². The van der Waals surface area contributed by atoms with Gasteiger partial charge in [-0.1, -0.05) is 6.07 Å². The van der Waals surface area contributed by atoms with Crippen molar-refractivity contribution in [2.45, 2.75) is 0 Å². The predicted molar refractivity (Wildman–Crippen MR) is 105 cm³/mol. The van der Waals surface area contributed by atoms with Crippen LogP contribution >= 0.6 is 22.7 Å². The van der Waals surface area contributed by atoms with Crippen LogP contribution in [0.3, 0.4) is 0 Å². The Kier molecular flexibility index (Phi) is 4.27. The number of hydrogen-bond acceptors (Lipinski definition) is 7. The summed E-state index contributed by atoms with van der Waals surface area (Å²) >= 11 is 3.02. The van der Waals surface area contributed by atoms with Crippen molar-refractivity contribution in [3.05, 3.63) is 63.3 Å². The fourth-order valence-corrected chi connectivity index (χ4v) is 4.24. The second kappa shape index (κ2) is 6.74. The van der Waals surface area contributed by atoms with Gasteiger partial charge in [-0.3, -0.25) is 4.79 Å². The van der Waals surface area contributed by atoms with Gasteiger partial charge in [0.1, 0.15) is 11.2 Å². The van der Waals surface area contributed by atoms with Crippen molar-refractivity contribution in [1.82, 2.24) is 9.66 Å². The van der Waals surface area contributed by atoms with Crippen LogP contribution in [-0.4, -0.2) is 28.1 Å². The molecule has 0 aliphatic heterocycles. The molecule has 0 atom stereocenters. The van der Waals surface area contributed by atoms with E-state index in [4.69, 9.17) is 4.74 Å². The molecular weight excluding hydrogens is 370 g/mol. The normalized spacial score (nSPS) is 11.4. The number of thiophene rings is 2. The summed E-state index contributed by atoms with van der Waals surface area (Å²) in [6, 6.07) is 8.76. The van der Waals surface area contributed by atoms with Gasteiger partial charge in [0.15, 0.2) is 11.5 Å². The van der Waals surface area contributed by atoms with Gasteiger partial charge in [0.25, 0.3) is 5.56 Å². The molecule has 0 radical (unpaired) electrons. The second-order valence-corrected chi connectivity index (χ2v) is 7.18. The van der Waals surface area contributed by atoms with Gasteiger partial charge in [0.05, 0.1) is 18.7 Å². The maximum atomic E-state index is 12.9. The van der Waals surface area contributed by atoms with Crippen molar-refractivity contribution in [2.24, 2.45) is 5.10 Å². The van der Waals surface area contributed by atoms with E-state index in [1.807, 2.05) is 22.9 Å². The van der Waals surface area contributed by atoms with E-state index in [1.165, 1.54) is 41.7 Å². The number of phenolic OH excluding ortho intramolecular Hbond substituents is 1. The van der Waals surface area contributed by atoms with Crippen molar-refractivity contribution in [1.29, 1.82) is 0 Å². The third-order valence-electron chi connectivity index (χ3n) is 3.80. The minimum atomic E-state index is -0.221. The Morgan fingerprint density at radius 3 is 2.96 bits per heavy atom. The number of ether oxygens (including phenoxy) is 1. The first-order valence-electron chi connectivity index (χ1n) is 7.61. The zero-order chi connectivity index (χ0) is 18.1. The lowest BCUT2D eigenvalue weighted by Gasteiger charge is -2.03. The lowest BCUT2D eigenvalue weighted by Crippen LogP contribution is -2.16. The number of nitrogens with zero attached hydrogens (tertiary/aromatic N) is 3. The maximum Gasteiger partial charge on any atom is 0.283 e. The first-order valence-corrected chi connectivity index (χ1v) is 9.37. The van der Waals surface area contributed by atoms with Crippen molar-refractivity contribution in [2.75, 3.05) is 7.11 Å². The quantitative estimate of drug-likeness (QED) is 0.544. The molecule has 0 aliphatic carbocycles. The molecule has 6 nitrogen and oxygen atoms in total. The summed E-state index contributed by atoms with van der Waals surface area (Å²) in [5.41, 5.74) is 1.35. The van der Waals surface area contributed by atoms with Crippen molar-refractivity contribution < 1.29 is 9.84 Å². The molecule has 0 saturated carbocycles. The second-order valence-electron chi connectivity index (χ2n) is 5.38. The van der Waals surface area contributed by atoms with Gasteiger partial charge < -0.3 is 9.84 Å². The molecule has 0 fully saturated rings. The molecule has 0 unspecified atom stereocenters. The third-order valence-corrected chi connectivity index (χ3v) is 5.59. The van der Waals surface area contributed by atoms with Gasteiger partial charge in [0.2, 0.25) is 0 Å². The van der Waals surface area contributed by atoms with E-state index < -0.39 is 0 Å². The number of phenols is 1. The first-order chi connectivity index (χ1) is 12.7.